The van der Waals surface area contributed by atoms with E-state index in [-0.39, 0.29) is 0 Å². The van der Waals surface area contributed by atoms with E-state index in [0.29, 0.717) is 10.7 Å². The molecule has 2 N–H and O–H groups in total. The normalized spacial score (nSPS) is 11.2. The number of aryl methyl sites for hydroxylation is 1. The quantitative estimate of drug-likeness (QED) is 0.656. The van der Waals surface area contributed by atoms with E-state index in [2.05, 4.69) is 33.5 Å². The van der Waals surface area contributed by atoms with Crippen LogP contribution in [0.4, 0.5) is 5.69 Å². The molecule has 3 rings (SSSR count). The summed E-state index contributed by atoms with van der Waals surface area (Å²) in [7, 11) is 0. The van der Waals surface area contributed by atoms with Crippen molar-refractivity contribution in [3.05, 3.63) is 45.9 Å². The Morgan fingerprint density at radius 3 is 2.81 bits per heavy atom. The Balaban J connectivity index is 2.33. The number of imidazole rings is 1. The number of hydrogen-bond donors (Lipinski definition) is 1. The van der Waals surface area contributed by atoms with E-state index in [0.717, 1.165) is 39.9 Å². The molecule has 0 fully saturated rings. The summed E-state index contributed by atoms with van der Waals surface area (Å²) in [5.74, 6) is 0.827. The molecule has 0 unspecified atom stereocenters. The summed E-state index contributed by atoms with van der Waals surface area (Å²) < 4.78 is 3.19. The lowest BCUT2D eigenvalue weighted by molar-refractivity contribution is 0.704. The first kappa shape index (κ1) is 14.4. The first-order chi connectivity index (χ1) is 10.1. The van der Waals surface area contributed by atoms with Crippen LogP contribution in [0.25, 0.3) is 22.4 Å². The van der Waals surface area contributed by atoms with Gasteiger partial charge in [-0.1, -0.05) is 40.5 Å². The molecular weight excluding hydrogens is 350 g/mol. The minimum absolute atomic E-state index is 0.627. The maximum atomic E-state index is 6.35. The number of hydrogen-bond acceptors (Lipinski definition) is 2. The number of anilines is 1. The minimum Gasteiger partial charge on any atom is -0.398 e. The van der Waals surface area contributed by atoms with E-state index >= 15 is 0 Å². The Bertz CT molecular complexity index is 790. The number of aromatic nitrogens is 2. The number of nitrogens with zero attached hydrogens (tertiary/aromatic N) is 2. The van der Waals surface area contributed by atoms with Crippen LogP contribution in [0.15, 0.2) is 40.9 Å². The highest BCUT2D eigenvalue weighted by Crippen LogP contribution is 2.35. The molecule has 0 aliphatic rings. The molecule has 1 heterocycles. The van der Waals surface area contributed by atoms with Gasteiger partial charge in [-0.2, -0.15) is 0 Å². The average molecular weight is 365 g/mol. The largest absolute Gasteiger partial charge is 0.398 e. The molecule has 21 heavy (non-hydrogen) atoms. The van der Waals surface area contributed by atoms with Gasteiger partial charge in [-0.15, -0.1) is 0 Å². The van der Waals surface area contributed by atoms with Gasteiger partial charge >= 0.3 is 0 Å². The molecule has 0 atom stereocenters. The number of fused-ring (bicyclic) bond motifs is 1. The SMILES string of the molecule is CCCn1c(-c2c(N)cccc2Cl)nc2cc(Br)ccc21. The maximum Gasteiger partial charge on any atom is 0.144 e. The van der Waals surface area contributed by atoms with Gasteiger partial charge in [0.1, 0.15) is 5.82 Å². The maximum absolute atomic E-state index is 6.35. The topological polar surface area (TPSA) is 43.8 Å². The van der Waals surface area contributed by atoms with Gasteiger partial charge in [0.25, 0.3) is 0 Å². The summed E-state index contributed by atoms with van der Waals surface area (Å²) in [6.07, 6.45) is 1.01. The molecule has 2 aromatic carbocycles. The fourth-order valence-electron chi connectivity index (χ4n) is 2.52. The van der Waals surface area contributed by atoms with Crippen molar-refractivity contribution in [3.8, 4) is 11.4 Å². The lowest BCUT2D eigenvalue weighted by atomic mass is 10.1. The van der Waals surface area contributed by atoms with Crippen LogP contribution >= 0.6 is 27.5 Å². The van der Waals surface area contributed by atoms with Gasteiger partial charge in [-0.3, -0.25) is 0 Å². The lowest BCUT2D eigenvalue weighted by Gasteiger charge is -2.11. The van der Waals surface area contributed by atoms with Gasteiger partial charge in [0.2, 0.25) is 0 Å². The highest BCUT2D eigenvalue weighted by atomic mass is 79.9. The number of rotatable bonds is 3. The molecule has 0 saturated heterocycles. The predicted molar refractivity (Wildman–Crippen MR) is 92.6 cm³/mol. The molecule has 1 aromatic heterocycles. The van der Waals surface area contributed by atoms with Crippen LogP contribution in [0.3, 0.4) is 0 Å². The average Bonchev–Trinajstić information content (AvgIpc) is 2.77. The molecule has 5 heteroatoms. The van der Waals surface area contributed by atoms with Crippen LogP contribution in [-0.2, 0) is 6.54 Å². The van der Waals surface area contributed by atoms with Crippen molar-refractivity contribution < 1.29 is 0 Å². The van der Waals surface area contributed by atoms with Gasteiger partial charge in [-0.25, -0.2) is 4.98 Å². The van der Waals surface area contributed by atoms with E-state index < -0.39 is 0 Å². The zero-order chi connectivity index (χ0) is 15.0. The van der Waals surface area contributed by atoms with Crippen LogP contribution in [0.2, 0.25) is 5.02 Å². The second-order valence-corrected chi connectivity index (χ2v) is 6.25. The first-order valence-corrected chi connectivity index (χ1v) is 7.99. The van der Waals surface area contributed by atoms with Gasteiger partial charge in [0.05, 0.1) is 21.6 Å². The Morgan fingerprint density at radius 1 is 1.29 bits per heavy atom. The predicted octanol–water partition coefficient (Wildman–Crippen LogP) is 5.11. The molecular formula is C16H15BrClN3. The van der Waals surface area contributed by atoms with Crippen LogP contribution in [0, 0.1) is 0 Å². The van der Waals surface area contributed by atoms with E-state index in [1.807, 2.05) is 30.3 Å². The van der Waals surface area contributed by atoms with Crippen molar-refractivity contribution >= 4 is 44.3 Å². The zero-order valence-corrected chi connectivity index (χ0v) is 13.9. The summed E-state index contributed by atoms with van der Waals surface area (Å²) in [5, 5.41) is 0.627. The first-order valence-electron chi connectivity index (χ1n) is 6.82. The van der Waals surface area contributed by atoms with E-state index in [1.165, 1.54) is 0 Å². The Labute approximate surface area is 136 Å². The minimum atomic E-state index is 0.627. The fourth-order valence-corrected chi connectivity index (χ4v) is 3.14. The van der Waals surface area contributed by atoms with E-state index in [4.69, 9.17) is 22.3 Å². The second kappa shape index (κ2) is 5.70. The van der Waals surface area contributed by atoms with Crippen LogP contribution in [-0.4, -0.2) is 9.55 Å². The summed E-state index contributed by atoms with van der Waals surface area (Å²) >= 11 is 9.84. The molecule has 3 nitrogen and oxygen atoms in total. The smallest absolute Gasteiger partial charge is 0.144 e. The van der Waals surface area contributed by atoms with Gasteiger partial charge < -0.3 is 10.3 Å². The van der Waals surface area contributed by atoms with Crippen molar-refractivity contribution in [2.24, 2.45) is 0 Å². The van der Waals surface area contributed by atoms with E-state index in [1.54, 1.807) is 0 Å². The van der Waals surface area contributed by atoms with Crippen molar-refractivity contribution in [3.63, 3.8) is 0 Å². The second-order valence-electron chi connectivity index (χ2n) is 4.92. The van der Waals surface area contributed by atoms with Crippen LogP contribution < -0.4 is 5.73 Å². The molecule has 0 aliphatic heterocycles. The van der Waals surface area contributed by atoms with Crippen molar-refractivity contribution in [1.29, 1.82) is 0 Å². The molecule has 0 aliphatic carbocycles. The van der Waals surface area contributed by atoms with Crippen molar-refractivity contribution in [1.82, 2.24) is 9.55 Å². The van der Waals surface area contributed by atoms with Crippen molar-refractivity contribution in [2.75, 3.05) is 5.73 Å². The van der Waals surface area contributed by atoms with Crippen LogP contribution in [0.1, 0.15) is 13.3 Å². The Morgan fingerprint density at radius 2 is 2.10 bits per heavy atom. The third-order valence-corrected chi connectivity index (χ3v) is 4.24. The third-order valence-electron chi connectivity index (χ3n) is 3.43. The third kappa shape index (κ3) is 2.54. The molecule has 0 spiro atoms. The Kier molecular flexibility index (Phi) is 3.91. The standard InChI is InChI=1S/C16H15BrClN3/c1-2-8-21-14-7-6-10(17)9-13(14)20-16(21)15-11(18)4-3-5-12(15)19/h3-7,9H,2,8,19H2,1H3. The molecule has 108 valence electrons. The molecule has 0 bridgehead atoms. The van der Waals surface area contributed by atoms with Crippen LogP contribution in [0.5, 0.6) is 0 Å². The summed E-state index contributed by atoms with van der Waals surface area (Å²) in [6.45, 7) is 3.02. The highest BCUT2D eigenvalue weighted by Gasteiger charge is 2.17. The monoisotopic (exact) mass is 363 g/mol. The molecule has 0 amide bonds. The summed E-state index contributed by atoms with van der Waals surface area (Å²) in [6, 6.07) is 11.7. The number of benzene rings is 2. The van der Waals surface area contributed by atoms with E-state index in [9.17, 15) is 0 Å². The number of nitrogen functional groups attached to an aromatic ring is 1. The van der Waals surface area contributed by atoms with Gasteiger partial charge in [-0.05, 0) is 36.8 Å². The summed E-state index contributed by atoms with van der Waals surface area (Å²) in [4.78, 5) is 4.75. The molecule has 0 saturated carbocycles. The summed E-state index contributed by atoms with van der Waals surface area (Å²) in [5.41, 5.74) is 9.61. The van der Waals surface area contributed by atoms with Gasteiger partial charge in [0.15, 0.2) is 0 Å². The lowest BCUT2D eigenvalue weighted by Crippen LogP contribution is -2.02. The zero-order valence-electron chi connectivity index (χ0n) is 11.6. The molecule has 3 aromatic rings. The molecule has 0 radical (unpaired) electrons. The highest BCUT2D eigenvalue weighted by molar-refractivity contribution is 9.10. The van der Waals surface area contributed by atoms with Crippen molar-refractivity contribution in [2.45, 2.75) is 19.9 Å². The fraction of sp³-hybridized carbons (Fsp3) is 0.188. The Hall–Kier alpha value is -1.52. The number of halogens is 2. The van der Waals surface area contributed by atoms with Gasteiger partial charge in [0, 0.05) is 16.7 Å². The number of nitrogens with two attached hydrogens (primary N) is 1.